The molecule has 2 heterocycles. The first-order chi connectivity index (χ1) is 14.3. The number of aryl methyl sites for hydroxylation is 1. The second-order valence-corrected chi connectivity index (χ2v) is 8.36. The Morgan fingerprint density at radius 2 is 2.06 bits per heavy atom. The van der Waals surface area contributed by atoms with Crippen molar-refractivity contribution in [3.05, 3.63) is 46.8 Å². The minimum absolute atomic E-state index is 0. The average molecular weight is 541 g/mol. The summed E-state index contributed by atoms with van der Waals surface area (Å²) < 4.78 is 13.4. The largest absolute Gasteiger partial charge is 0.487 e. The molecule has 31 heavy (non-hydrogen) atoms. The smallest absolute Gasteiger partial charge is 0.192 e. The summed E-state index contributed by atoms with van der Waals surface area (Å²) in [6.45, 7) is 13.2. The van der Waals surface area contributed by atoms with E-state index in [1.807, 2.05) is 23.7 Å². The highest BCUT2D eigenvalue weighted by molar-refractivity contribution is 14.0. The monoisotopic (exact) mass is 541 g/mol. The number of methoxy groups -OCH3 is 1. The van der Waals surface area contributed by atoms with Crippen LogP contribution in [0.5, 0.6) is 5.75 Å². The van der Waals surface area contributed by atoms with Gasteiger partial charge >= 0.3 is 0 Å². The fourth-order valence-electron chi connectivity index (χ4n) is 3.93. The molecular weight excluding hydrogens is 505 g/mol. The molecule has 0 spiro atoms. The van der Waals surface area contributed by atoms with Crippen LogP contribution in [0.15, 0.2) is 29.3 Å². The lowest BCUT2D eigenvalue weighted by molar-refractivity contribution is 0.0694. The Hall–Kier alpha value is -1.81. The molecule has 1 aromatic heterocycles. The Morgan fingerprint density at radius 1 is 1.32 bits per heavy atom. The molecular formula is C23H36IN5O2. The van der Waals surface area contributed by atoms with Gasteiger partial charge in [-0.1, -0.05) is 18.2 Å². The van der Waals surface area contributed by atoms with Crippen molar-refractivity contribution in [3.63, 3.8) is 0 Å². The molecule has 1 aromatic carbocycles. The van der Waals surface area contributed by atoms with Gasteiger partial charge in [0.25, 0.3) is 0 Å². The molecule has 3 rings (SSSR count). The van der Waals surface area contributed by atoms with Crippen molar-refractivity contribution < 1.29 is 9.47 Å². The van der Waals surface area contributed by atoms with Crippen LogP contribution >= 0.6 is 24.0 Å². The average Bonchev–Trinajstić information content (AvgIpc) is 2.96. The van der Waals surface area contributed by atoms with Crippen molar-refractivity contribution >= 4 is 29.9 Å². The van der Waals surface area contributed by atoms with Gasteiger partial charge in [0.15, 0.2) is 5.96 Å². The summed E-state index contributed by atoms with van der Waals surface area (Å²) in [5.41, 5.74) is 4.25. The summed E-state index contributed by atoms with van der Waals surface area (Å²) in [6, 6.07) is 8.37. The molecule has 7 nitrogen and oxygen atoms in total. The van der Waals surface area contributed by atoms with Gasteiger partial charge in [-0.2, -0.15) is 5.10 Å². The first kappa shape index (κ1) is 25.5. The van der Waals surface area contributed by atoms with Crippen LogP contribution in [0.25, 0.3) is 0 Å². The van der Waals surface area contributed by atoms with Crippen LogP contribution in [0.1, 0.15) is 55.7 Å². The van der Waals surface area contributed by atoms with Gasteiger partial charge in [-0.15, -0.1) is 24.0 Å². The minimum atomic E-state index is -0.237. The SMILES string of the molecule is CCNC(=NCc1c(C)nn(CCOC)c1C)NC1CC(C)(C)Oc2ccccc21.I. The quantitative estimate of drug-likeness (QED) is 0.314. The van der Waals surface area contributed by atoms with Crippen LogP contribution in [0.4, 0.5) is 0 Å². The number of para-hydroxylation sites is 1. The van der Waals surface area contributed by atoms with Gasteiger partial charge in [0.2, 0.25) is 0 Å². The molecule has 1 aliphatic heterocycles. The number of rotatable bonds is 7. The van der Waals surface area contributed by atoms with Crippen molar-refractivity contribution in [2.45, 2.75) is 65.8 Å². The van der Waals surface area contributed by atoms with Crippen LogP contribution in [0.2, 0.25) is 0 Å². The summed E-state index contributed by atoms with van der Waals surface area (Å²) in [4.78, 5) is 4.88. The van der Waals surface area contributed by atoms with E-state index in [9.17, 15) is 0 Å². The predicted molar refractivity (Wildman–Crippen MR) is 135 cm³/mol. The summed E-state index contributed by atoms with van der Waals surface area (Å²) in [7, 11) is 1.71. The first-order valence-corrected chi connectivity index (χ1v) is 10.7. The molecule has 2 aromatic rings. The molecule has 0 aliphatic carbocycles. The van der Waals surface area contributed by atoms with E-state index in [0.29, 0.717) is 13.2 Å². The molecule has 2 N–H and O–H groups in total. The molecule has 0 bridgehead atoms. The van der Waals surface area contributed by atoms with Gasteiger partial charge in [-0.3, -0.25) is 4.68 Å². The Labute approximate surface area is 203 Å². The second-order valence-electron chi connectivity index (χ2n) is 8.36. The van der Waals surface area contributed by atoms with E-state index in [-0.39, 0.29) is 35.6 Å². The van der Waals surface area contributed by atoms with Gasteiger partial charge in [0.05, 0.1) is 31.4 Å². The van der Waals surface area contributed by atoms with E-state index < -0.39 is 0 Å². The lowest BCUT2D eigenvalue weighted by Gasteiger charge is -2.38. The molecule has 1 atom stereocenters. The lowest BCUT2D eigenvalue weighted by Crippen LogP contribution is -2.45. The number of nitrogens with zero attached hydrogens (tertiary/aromatic N) is 3. The van der Waals surface area contributed by atoms with Gasteiger partial charge in [-0.05, 0) is 40.7 Å². The zero-order valence-electron chi connectivity index (χ0n) is 19.5. The maximum Gasteiger partial charge on any atom is 0.192 e. The number of halogens is 1. The number of benzene rings is 1. The van der Waals surface area contributed by atoms with Crippen molar-refractivity contribution in [1.29, 1.82) is 0 Å². The number of ether oxygens (including phenoxy) is 2. The number of guanidine groups is 1. The Morgan fingerprint density at radius 3 is 2.77 bits per heavy atom. The van der Waals surface area contributed by atoms with Gasteiger partial charge in [0.1, 0.15) is 11.4 Å². The van der Waals surface area contributed by atoms with Crippen LogP contribution in [-0.2, 0) is 17.8 Å². The van der Waals surface area contributed by atoms with Crippen molar-refractivity contribution in [3.8, 4) is 5.75 Å². The van der Waals surface area contributed by atoms with Crippen molar-refractivity contribution in [2.75, 3.05) is 20.3 Å². The zero-order valence-corrected chi connectivity index (χ0v) is 21.8. The highest BCUT2D eigenvalue weighted by Crippen LogP contribution is 2.39. The molecule has 0 fully saturated rings. The number of fused-ring (bicyclic) bond motifs is 1. The summed E-state index contributed by atoms with van der Waals surface area (Å²) in [6.07, 6.45) is 0.863. The fourth-order valence-corrected chi connectivity index (χ4v) is 3.93. The van der Waals surface area contributed by atoms with Gasteiger partial charge in [-0.25, -0.2) is 4.99 Å². The molecule has 1 aliphatic rings. The highest BCUT2D eigenvalue weighted by atomic mass is 127. The van der Waals surface area contributed by atoms with Crippen molar-refractivity contribution in [1.82, 2.24) is 20.4 Å². The van der Waals surface area contributed by atoms with E-state index >= 15 is 0 Å². The Kier molecular flexibility index (Phi) is 9.17. The number of aliphatic imine (C=N–C) groups is 1. The molecule has 0 amide bonds. The fraction of sp³-hybridized carbons (Fsp3) is 0.565. The standard InChI is InChI=1S/C23H35N5O2.HI/c1-7-24-22(25-15-19-16(2)27-28(17(19)3)12-13-29-6)26-20-14-23(4,5)30-21-11-9-8-10-18(20)21;/h8-11,20H,7,12-15H2,1-6H3,(H2,24,25,26);1H. The number of aromatic nitrogens is 2. The van der Waals surface area contributed by atoms with E-state index in [4.69, 9.17) is 14.5 Å². The van der Waals surface area contributed by atoms with Crippen LogP contribution in [0.3, 0.4) is 0 Å². The Bertz CT molecular complexity index is 894. The predicted octanol–water partition coefficient (Wildman–Crippen LogP) is 4.12. The lowest BCUT2D eigenvalue weighted by atomic mass is 9.90. The Balaban J connectivity index is 0.00000341. The third kappa shape index (κ3) is 6.35. The number of hydrogen-bond acceptors (Lipinski definition) is 4. The topological polar surface area (TPSA) is 72.7 Å². The van der Waals surface area contributed by atoms with E-state index in [0.717, 1.165) is 48.2 Å². The van der Waals surface area contributed by atoms with E-state index in [1.54, 1.807) is 7.11 Å². The molecule has 0 radical (unpaired) electrons. The molecule has 172 valence electrons. The summed E-state index contributed by atoms with van der Waals surface area (Å²) >= 11 is 0. The molecule has 0 saturated heterocycles. The normalized spacial score (nSPS) is 17.4. The molecule has 0 saturated carbocycles. The minimum Gasteiger partial charge on any atom is -0.487 e. The second kappa shape index (κ2) is 11.2. The zero-order chi connectivity index (χ0) is 21.7. The van der Waals surface area contributed by atoms with Crippen LogP contribution < -0.4 is 15.4 Å². The molecule has 1 unspecified atom stereocenters. The number of nitrogens with one attached hydrogen (secondary N) is 2. The first-order valence-electron chi connectivity index (χ1n) is 10.7. The summed E-state index contributed by atoms with van der Waals surface area (Å²) in [5.74, 6) is 1.74. The van der Waals surface area contributed by atoms with Gasteiger partial charge < -0.3 is 20.1 Å². The summed E-state index contributed by atoms with van der Waals surface area (Å²) in [5, 5.41) is 11.7. The number of hydrogen-bond donors (Lipinski definition) is 2. The van der Waals surface area contributed by atoms with Crippen molar-refractivity contribution in [2.24, 2.45) is 4.99 Å². The van der Waals surface area contributed by atoms with Crippen LogP contribution in [0, 0.1) is 13.8 Å². The van der Waals surface area contributed by atoms with E-state index in [2.05, 4.69) is 55.6 Å². The van der Waals surface area contributed by atoms with Gasteiger partial charge in [0, 0.05) is 36.9 Å². The third-order valence-electron chi connectivity index (χ3n) is 5.47. The third-order valence-corrected chi connectivity index (χ3v) is 5.47. The van der Waals surface area contributed by atoms with Crippen LogP contribution in [-0.4, -0.2) is 41.6 Å². The maximum absolute atomic E-state index is 6.17. The molecule has 8 heteroatoms. The maximum atomic E-state index is 6.17. The van der Waals surface area contributed by atoms with E-state index in [1.165, 1.54) is 5.56 Å². The highest BCUT2D eigenvalue weighted by Gasteiger charge is 2.34.